The molecule has 0 fully saturated rings. The summed E-state index contributed by atoms with van der Waals surface area (Å²) < 4.78 is 0. The molecule has 2 heteroatoms. The molecule has 0 aliphatic carbocycles. The van der Waals surface area contributed by atoms with E-state index >= 15 is 0 Å². The fourth-order valence-electron chi connectivity index (χ4n) is 1.98. The molecule has 2 nitrogen and oxygen atoms in total. The Bertz CT molecular complexity index is 776. The van der Waals surface area contributed by atoms with E-state index in [0.717, 1.165) is 21.8 Å². The second kappa shape index (κ2) is 3.87. The van der Waals surface area contributed by atoms with Crippen LogP contribution in [0.25, 0.3) is 21.8 Å². The summed E-state index contributed by atoms with van der Waals surface area (Å²) in [4.78, 5) is 8.76. The molecule has 0 aliphatic rings. The van der Waals surface area contributed by atoms with Gasteiger partial charge in [-0.2, -0.15) is 0 Å². The van der Waals surface area contributed by atoms with Crippen LogP contribution in [-0.2, 0) is 0 Å². The lowest BCUT2D eigenvalue weighted by molar-refractivity contribution is 1.34. The fourth-order valence-corrected chi connectivity index (χ4v) is 1.98. The maximum Gasteiger partial charge on any atom is 0.113 e. The molecule has 3 aromatic rings. The van der Waals surface area contributed by atoms with Gasteiger partial charge in [0.2, 0.25) is 0 Å². The van der Waals surface area contributed by atoms with E-state index in [-0.39, 0.29) is 0 Å². The Kier molecular flexibility index (Phi) is 2.22. The molecule has 0 amide bonds. The molecule has 0 unspecified atom stereocenters. The Morgan fingerprint density at radius 1 is 0.667 bits per heavy atom. The van der Waals surface area contributed by atoms with Crippen molar-refractivity contribution in [3.05, 3.63) is 47.8 Å². The van der Waals surface area contributed by atoms with Crippen molar-refractivity contribution in [2.75, 3.05) is 0 Å². The van der Waals surface area contributed by atoms with Crippen LogP contribution in [0.1, 0.15) is 11.4 Å². The monoisotopic (exact) mass is 228 g/mol. The molecule has 1 aromatic carbocycles. The highest BCUT2D eigenvalue weighted by Gasteiger charge is 2.03. The largest absolute Gasteiger partial charge is 0.239 e. The molecular formula is C16H8N2. The first-order chi connectivity index (χ1) is 8.81. The van der Waals surface area contributed by atoms with Crippen molar-refractivity contribution in [2.45, 2.75) is 0 Å². The zero-order valence-corrected chi connectivity index (χ0v) is 9.51. The lowest BCUT2D eigenvalue weighted by Crippen LogP contribution is -1.88. The third-order valence-electron chi connectivity index (χ3n) is 2.83. The van der Waals surface area contributed by atoms with Crippen LogP contribution in [0.3, 0.4) is 0 Å². The maximum absolute atomic E-state index is 5.34. The Morgan fingerprint density at radius 2 is 1.11 bits per heavy atom. The molecule has 0 saturated carbocycles. The second-order valence-electron chi connectivity index (χ2n) is 3.88. The zero-order chi connectivity index (χ0) is 12.5. The van der Waals surface area contributed by atoms with Gasteiger partial charge in [0.05, 0.1) is 11.0 Å². The van der Waals surface area contributed by atoms with Gasteiger partial charge in [-0.25, -0.2) is 9.97 Å². The van der Waals surface area contributed by atoms with Gasteiger partial charge in [0.25, 0.3) is 0 Å². The summed E-state index contributed by atoms with van der Waals surface area (Å²) in [6, 6.07) is 11.4. The molecule has 0 atom stereocenters. The van der Waals surface area contributed by atoms with E-state index in [1.807, 2.05) is 36.4 Å². The summed E-state index contributed by atoms with van der Waals surface area (Å²) in [5, 5.41) is 2.06. The lowest BCUT2D eigenvalue weighted by Gasteiger charge is -2.03. The van der Waals surface area contributed by atoms with Crippen LogP contribution < -0.4 is 0 Å². The third-order valence-corrected chi connectivity index (χ3v) is 2.83. The number of benzene rings is 1. The Labute approximate surface area is 105 Å². The molecule has 2 aromatic heterocycles. The van der Waals surface area contributed by atoms with E-state index in [0.29, 0.717) is 11.4 Å². The van der Waals surface area contributed by atoms with Gasteiger partial charge in [-0.3, -0.25) is 0 Å². The van der Waals surface area contributed by atoms with Crippen molar-refractivity contribution < 1.29 is 0 Å². The van der Waals surface area contributed by atoms with Crippen LogP contribution in [0, 0.1) is 24.7 Å². The number of fused-ring (bicyclic) bond motifs is 3. The van der Waals surface area contributed by atoms with Gasteiger partial charge in [-0.15, -0.1) is 12.8 Å². The highest BCUT2D eigenvalue weighted by Crippen LogP contribution is 2.23. The van der Waals surface area contributed by atoms with Gasteiger partial charge in [0.15, 0.2) is 0 Å². The molecule has 3 rings (SSSR count). The predicted octanol–water partition coefficient (Wildman–Crippen LogP) is 2.75. The number of rotatable bonds is 0. The number of pyridine rings is 2. The summed E-state index contributed by atoms with van der Waals surface area (Å²) in [5.41, 5.74) is 3.01. The van der Waals surface area contributed by atoms with Crippen molar-refractivity contribution in [1.29, 1.82) is 0 Å². The van der Waals surface area contributed by atoms with Crippen LogP contribution in [0.4, 0.5) is 0 Å². The smallest absolute Gasteiger partial charge is 0.113 e. The molecule has 0 N–H and O–H groups in total. The van der Waals surface area contributed by atoms with E-state index < -0.39 is 0 Å². The van der Waals surface area contributed by atoms with Crippen molar-refractivity contribution in [3.63, 3.8) is 0 Å². The minimum atomic E-state index is 0.634. The van der Waals surface area contributed by atoms with E-state index in [2.05, 4.69) is 21.8 Å². The van der Waals surface area contributed by atoms with E-state index in [1.165, 1.54) is 0 Å². The molecule has 0 aliphatic heterocycles. The van der Waals surface area contributed by atoms with Crippen LogP contribution in [0.2, 0.25) is 0 Å². The first-order valence-electron chi connectivity index (χ1n) is 5.45. The SMILES string of the molecule is C#Cc1ccc2c(ccc3nc(C#C)ccc32)n1. The van der Waals surface area contributed by atoms with Gasteiger partial charge in [0.1, 0.15) is 11.4 Å². The summed E-state index contributed by atoms with van der Waals surface area (Å²) >= 11 is 0. The number of hydrogen-bond acceptors (Lipinski definition) is 2. The topological polar surface area (TPSA) is 25.8 Å². The summed E-state index contributed by atoms with van der Waals surface area (Å²) in [6.07, 6.45) is 10.7. The standard InChI is InChI=1S/C16H8N2/c1-3-11-5-7-13-14-8-6-12(4-2)18-16(14)10-9-15(13)17-11/h1-2,5-10H. The second-order valence-corrected chi connectivity index (χ2v) is 3.88. The van der Waals surface area contributed by atoms with Gasteiger partial charge in [-0.1, -0.05) is 11.8 Å². The van der Waals surface area contributed by atoms with Crippen LogP contribution >= 0.6 is 0 Å². The molecule has 0 bridgehead atoms. The zero-order valence-electron chi connectivity index (χ0n) is 9.51. The number of hydrogen-bond donors (Lipinski definition) is 0. The van der Waals surface area contributed by atoms with Crippen molar-refractivity contribution in [3.8, 4) is 24.7 Å². The molecule has 18 heavy (non-hydrogen) atoms. The molecular weight excluding hydrogens is 220 g/mol. The predicted molar refractivity (Wildman–Crippen MR) is 72.9 cm³/mol. The Hall–Kier alpha value is -2.84. The van der Waals surface area contributed by atoms with Crippen molar-refractivity contribution in [1.82, 2.24) is 9.97 Å². The molecule has 0 radical (unpaired) electrons. The van der Waals surface area contributed by atoms with Crippen LogP contribution in [0.5, 0.6) is 0 Å². The normalized spacial score (nSPS) is 10.1. The molecule has 2 heterocycles. The average Bonchev–Trinajstić information content (AvgIpc) is 2.45. The third kappa shape index (κ3) is 1.49. The molecule has 0 saturated heterocycles. The first-order valence-corrected chi connectivity index (χ1v) is 5.45. The van der Waals surface area contributed by atoms with E-state index in [1.54, 1.807) is 0 Å². The Balaban J connectivity index is 2.41. The first kappa shape index (κ1) is 10.3. The maximum atomic E-state index is 5.34. The highest BCUT2D eigenvalue weighted by atomic mass is 14.7. The van der Waals surface area contributed by atoms with Crippen LogP contribution in [-0.4, -0.2) is 9.97 Å². The average molecular weight is 228 g/mol. The van der Waals surface area contributed by atoms with Crippen LogP contribution in [0.15, 0.2) is 36.4 Å². The van der Waals surface area contributed by atoms with Gasteiger partial charge >= 0.3 is 0 Å². The van der Waals surface area contributed by atoms with Gasteiger partial charge in [-0.05, 0) is 36.4 Å². The quantitative estimate of drug-likeness (QED) is 0.437. The molecule has 82 valence electrons. The van der Waals surface area contributed by atoms with E-state index in [9.17, 15) is 0 Å². The lowest BCUT2D eigenvalue weighted by atomic mass is 10.1. The number of aromatic nitrogens is 2. The van der Waals surface area contributed by atoms with Crippen molar-refractivity contribution in [2.24, 2.45) is 0 Å². The summed E-state index contributed by atoms with van der Waals surface area (Å²) in [7, 11) is 0. The fraction of sp³-hybridized carbons (Fsp3) is 0. The summed E-state index contributed by atoms with van der Waals surface area (Å²) in [6.45, 7) is 0. The minimum Gasteiger partial charge on any atom is -0.239 e. The minimum absolute atomic E-state index is 0.634. The van der Waals surface area contributed by atoms with Gasteiger partial charge < -0.3 is 0 Å². The number of terminal acetylenes is 2. The van der Waals surface area contributed by atoms with Gasteiger partial charge in [0, 0.05) is 10.8 Å². The summed E-state index contributed by atoms with van der Waals surface area (Å²) in [5.74, 6) is 5.06. The Morgan fingerprint density at radius 3 is 1.50 bits per heavy atom. The highest BCUT2D eigenvalue weighted by molar-refractivity contribution is 6.04. The van der Waals surface area contributed by atoms with Crippen molar-refractivity contribution >= 4 is 21.8 Å². The number of nitrogens with zero attached hydrogens (tertiary/aromatic N) is 2. The molecule has 0 spiro atoms. The van der Waals surface area contributed by atoms with E-state index in [4.69, 9.17) is 12.8 Å².